The van der Waals surface area contributed by atoms with Crippen LogP contribution in [0.2, 0.25) is 0 Å². The van der Waals surface area contributed by atoms with E-state index in [4.69, 9.17) is 19.2 Å². The van der Waals surface area contributed by atoms with Gasteiger partial charge in [-0.25, -0.2) is 4.98 Å². The number of nitrogens with one attached hydrogen (secondary N) is 1. The zero-order chi connectivity index (χ0) is 22.9. The molecule has 170 valence electrons. The van der Waals surface area contributed by atoms with Crippen LogP contribution in [-0.4, -0.2) is 35.3 Å². The third kappa shape index (κ3) is 5.83. The fraction of sp³-hybridized carbons (Fsp3) is 0.231. The summed E-state index contributed by atoms with van der Waals surface area (Å²) in [7, 11) is 0. The molecule has 1 N–H and O–H groups in total. The van der Waals surface area contributed by atoms with E-state index in [-0.39, 0.29) is 12.5 Å². The summed E-state index contributed by atoms with van der Waals surface area (Å²) in [5.41, 5.74) is 1.86. The van der Waals surface area contributed by atoms with E-state index in [2.05, 4.69) is 9.88 Å². The van der Waals surface area contributed by atoms with Gasteiger partial charge < -0.3 is 24.1 Å². The maximum atomic E-state index is 12.3. The van der Waals surface area contributed by atoms with Crippen LogP contribution >= 0.6 is 0 Å². The van der Waals surface area contributed by atoms with Crippen molar-refractivity contribution in [2.45, 2.75) is 20.0 Å². The van der Waals surface area contributed by atoms with Gasteiger partial charge in [-0.15, -0.1) is 0 Å². The second-order valence-electron chi connectivity index (χ2n) is 7.28. The second-order valence-corrected chi connectivity index (χ2v) is 7.28. The molecule has 0 fully saturated rings. The van der Waals surface area contributed by atoms with E-state index in [1.54, 1.807) is 0 Å². The van der Waals surface area contributed by atoms with Gasteiger partial charge in [0, 0.05) is 0 Å². The quantitative estimate of drug-likeness (QED) is 0.374. The van der Waals surface area contributed by atoms with E-state index < -0.39 is 0 Å². The highest BCUT2D eigenvalue weighted by Crippen LogP contribution is 2.26. The first-order valence-electron chi connectivity index (χ1n) is 11.0. The van der Waals surface area contributed by atoms with Crippen LogP contribution < -0.4 is 19.5 Å². The number of aromatic nitrogens is 2. The van der Waals surface area contributed by atoms with Crippen molar-refractivity contribution in [2.75, 3.05) is 19.8 Å². The summed E-state index contributed by atoms with van der Waals surface area (Å²) in [6.45, 7) is 3.77. The summed E-state index contributed by atoms with van der Waals surface area (Å²) < 4.78 is 19.2. The molecule has 0 aliphatic rings. The van der Waals surface area contributed by atoms with Gasteiger partial charge in [-0.1, -0.05) is 42.5 Å². The normalized spacial score (nSPS) is 10.7. The third-order valence-corrected chi connectivity index (χ3v) is 5.01. The molecule has 0 spiro atoms. The number of fused-ring (bicyclic) bond motifs is 1. The van der Waals surface area contributed by atoms with Crippen molar-refractivity contribution in [1.82, 2.24) is 14.9 Å². The topological polar surface area (TPSA) is 74.6 Å². The van der Waals surface area contributed by atoms with Crippen LogP contribution in [0.25, 0.3) is 11.0 Å². The van der Waals surface area contributed by atoms with Crippen molar-refractivity contribution in [2.24, 2.45) is 0 Å². The van der Waals surface area contributed by atoms with Gasteiger partial charge in [0.15, 0.2) is 18.1 Å². The molecule has 0 atom stereocenters. The summed E-state index contributed by atoms with van der Waals surface area (Å²) in [4.78, 5) is 17.0. The zero-order valence-corrected chi connectivity index (χ0v) is 18.6. The van der Waals surface area contributed by atoms with Gasteiger partial charge in [-0.2, -0.15) is 0 Å². The molecule has 1 amide bonds. The Labute approximate surface area is 192 Å². The van der Waals surface area contributed by atoms with Gasteiger partial charge in [0.1, 0.15) is 18.2 Å². The predicted octanol–water partition coefficient (Wildman–Crippen LogP) is 4.21. The van der Waals surface area contributed by atoms with Crippen LogP contribution in [0.15, 0.2) is 78.9 Å². The Morgan fingerprint density at radius 3 is 2.36 bits per heavy atom. The monoisotopic (exact) mass is 445 g/mol. The fourth-order valence-corrected chi connectivity index (χ4v) is 3.50. The van der Waals surface area contributed by atoms with Crippen molar-refractivity contribution >= 4 is 16.9 Å². The molecule has 33 heavy (non-hydrogen) atoms. The van der Waals surface area contributed by atoms with Crippen LogP contribution in [0.5, 0.6) is 17.2 Å². The Hall–Kier alpha value is -4.00. The zero-order valence-electron chi connectivity index (χ0n) is 18.6. The number of nitrogens with zero attached hydrogens (tertiary/aromatic N) is 2. The molecule has 7 nitrogen and oxygen atoms in total. The second kappa shape index (κ2) is 11.0. The molecule has 0 aliphatic heterocycles. The van der Waals surface area contributed by atoms with E-state index in [0.717, 1.165) is 22.6 Å². The van der Waals surface area contributed by atoms with Gasteiger partial charge in [0.25, 0.3) is 5.91 Å². The molecular formula is C26H27N3O4. The molecule has 0 saturated carbocycles. The van der Waals surface area contributed by atoms with E-state index in [1.165, 1.54) is 0 Å². The molecule has 3 aromatic carbocycles. The van der Waals surface area contributed by atoms with Crippen molar-refractivity contribution in [3.8, 4) is 17.2 Å². The van der Waals surface area contributed by atoms with Crippen LogP contribution in [0.1, 0.15) is 12.7 Å². The minimum absolute atomic E-state index is 0.0540. The van der Waals surface area contributed by atoms with Crippen molar-refractivity contribution in [1.29, 1.82) is 0 Å². The Bertz CT molecular complexity index is 1190. The van der Waals surface area contributed by atoms with Crippen LogP contribution in [0.4, 0.5) is 0 Å². The number of para-hydroxylation sites is 5. The van der Waals surface area contributed by atoms with Gasteiger partial charge in [-0.05, 0) is 43.3 Å². The fourth-order valence-electron chi connectivity index (χ4n) is 3.50. The number of amides is 1. The molecule has 0 bridgehead atoms. The van der Waals surface area contributed by atoms with E-state index in [9.17, 15) is 4.79 Å². The lowest BCUT2D eigenvalue weighted by Gasteiger charge is -2.14. The molecule has 7 heteroatoms. The highest BCUT2D eigenvalue weighted by atomic mass is 16.5. The molecule has 0 radical (unpaired) electrons. The largest absolute Gasteiger partial charge is 0.490 e. The lowest BCUT2D eigenvalue weighted by Crippen LogP contribution is -2.29. The Morgan fingerprint density at radius 1 is 0.879 bits per heavy atom. The SMILES string of the molecule is CCOc1ccccc1OCCn1c(CNC(=O)COc2ccccc2)nc2ccccc21. The number of hydrogen-bond donors (Lipinski definition) is 1. The van der Waals surface area contributed by atoms with Gasteiger partial charge >= 0.3 is 0 Å². The average molecular weight is 446 g/mol. The van der Waals surface area contributed by atoms with E-state index in [0.29, 0.717) is 37.8 Å². The first-order valence-corrected chi connectivity index (χ1v) is 11.0. The average Bonchev–Trinajstić information content (AvgIpc) is 3.21. The van der Waals surface area contributed by atoms with E-state index >= 15 is 0 Å². The number of imidazole rings is 1. The number of hydrogen-bond acceptors (Lipinski definition) is 5. The smallest absolute Gasteiger partial charge is 0.258 e. The van der Waals surface area contributed by atoms with Crippen LogP contribution in [-0.2, 0) is 17.9 Å². The third-order valence-electron chi connectivity index (χ3n) is 5.01. The predicted molar refractivity (Wildman–Crippen MR) is 127 cm³/mol. The highest BCUT2D eigenvalue weighted by Gasteiger charge is 2.13. The van der Waals surface area contributed by atoms with E-state index in [1.807, 2.05) is 85.8 Å². The first kappa shape index (κ1) is 22.2. The minimum Gasteiger partial charge on any atom is -0.490 e. The number of carbonyl (C=O) groups excluding carboxylic acids is 1. The number of benzene rings is 3. The maximum absolute atomic E-state index is 12.3. The van der Waals surface area contributed by atoms with Crippen molar-refractivity contribution < 1.29 is 19.0 Å². The minimum atomic E-state index is -0.209. The highest BCUT2D eigenvalue weighted by molar-refractivity contribution is 5.78. The van der Waals surface area contributed by atoms with Crippen molar-refractivity contribution in [3.05, 3.63) is 84.7 Å². The summed E-state index contributed by atoms with van der Waals surface area (Å²) in [5, 5.41) is 2.90. The Balaban J connectivity index is 1.40. The molecule has 0 aliphatic carbocycles. The van der Waals surface area contributed by atoms with Crippen LogP contribution in [0.3, 0.4) is 0 Å². The first-order chi connectivity index (χ1) is 16.2. The van der Waals surface area contributed by atoms with Gasteiger partial charge in [0.05, 0.1) is 30.7 Å². The summed E-state index contributed by atoms with van der Waals surface area (Å²) in [6, 6.07) is 24.8. The number of rotatable bonds is 11. The standard InChI is InChI=1S/C26H27N3O4/c1-2-31-23-14-8-9-15-24(23)32-17-16-29-22-13-7-6-12-21(22)28-25(29)18-27-26(30)19-33-20-10-4-3-5-11-20/h3-15H,2,16-19H2,1H3,(H,27,30). The summed E-state index contributed by atoms with van der Waals surface area (Å²) >= 11 is 0. The molecular weight excluding hydrogens is 418 g/mol. The molecule has 1 aromatic heterocycles. The molecule has 4 aromatic rings. The summed E-state index contributed by atoms with van der Waals surface area (Å²) in [5.74, 6) is 2.63. The Kier molecular flexibility index (Phi) is 7.43. The van der Waals surface area contributed by atoms with Crippen molar-refractivity contribution in [3.63, 3.8) is 0 Å². The van der Waals surface area contributed by atoms with Gasteiger partial charge in [-0.3, -0.25) is 4.79 Å². The maximum Gasteiger partial charge on any atom is 0.258 e. The van der Waals surface area contributed by atoms with Crippen LogP contribution in [0, 0.1) is 0 Å². The lowest BCUT2D eigenvalue weighted by molar-refractivity contribution is -0.123. The summed E-state index contributed by atoms with van der Waals surface area (Å²) in [6.07, 6.45) is 0. The molecule has 0 saturated heterocycles. The number of ether oxygens (including phenoxy) is 3. The van der Waals surface area contributed by atoms with Gasteiger partial charge in [0.2, 0.25) is 0 Å². The molecule has 4 rings (SSSR count). The molecule has 0 unspecified atom stereocenters. The molecule has 1 heterocycles. The lowest BCUT2D eigenvalue weighted by atomic mass is 10.3. The number of carbonyl (C=O) groups is 1. The Morgan fingerprint density at radius 2 is 1.58 bits per heavy atom.